The van der Waals surface area contributed by atoms with Gasteiger partial charge in [-0.1, -0.05) is 43.7 Å². The van der Waals surface area contributed by atoms with Crippen LogP contribution in [0.1, 0.15) is 79.3 Å². The first kappa shape index (κ1) is 50.3. The Morgan fingerprint density at radius 2 is 1.72 bits per heavy atom. The number of aliphatic hydroxyl groups is 5. The van der Waals surface area contributed by atoms with Crippen LogP contribution in [0, 0.1) is 23.7 Å². The molecule has 0 amide bonds. The van der Waals surface area contributed by atoms with Crippen molar-refractivity contribution in [2.45, 2.75) is 154 Å². The Labute approximate surface area is 359 Å². The number of ether oxygens (including phenoxy) is 7. The van der Waals surface area contributed by atoms with Gasteiger partial charge >= 0.3 is 5.97 Å². The van der Waals surface area contributed by atoms with Crippen molar-refractivity contribution in [3.8, 4) is 0 Å². The number of aliphatic hydroxyl groups excluding tert-OH is 5. The van der Waals surface area contributed by atoms with Gasteiger partial charge in [0.15, 0.2) is 24.1 Å². The number of nitrogens with zero attached hydrogens (tertiary/aromatic N) is 4. The van der Waals surface area contributed by atoms with Crippen molar-refractivity contribution in [2.75, 3.05) is 34.9 Å². The molecule has 1 aromatic rings. The van der Waals surface area contributed by atoms with Crippen LogP contribution in [0.3, 0.4) is 0 Å². The quantitative estimate of drug-likeness (QED) is 0.179. The Bertz CT molecular complexity index is 1650. The number of carbonyl (C=O) groups is 2. The molecule has 3 aliphatic rings. The Morgan fingerprint density at radius 3 is 2.34 bits per heavy atom. The summed E-state index contributed by atoms with van der Waals surface area (Å²) in [6, 6.07) is -0.741. The van der Waals surface area contributed by atoms with Gasteiger partial charge in [0.05, 0.1) is 63.4 Å². The molecule has 0 aliphatic carbocycles. The van der Waals surface area contributed by atoms with Crippen molar-refractivity contribution in [1.29, 1.82) is 0 Å². The molecule has 1 aromatic heterocycles. The van der Waals surface area contributed by atoms with E-state index in [1.54, 1.807) is 56.7 Å². The van der Waals surface area contributed by atoms with Crippen LogP contribution in [-0.4, -0.2) is 160 Å². The van der Waals surface area contributed by atoms with Crippen molar-refractivity contribution in [3.63, 3.8) is 0 Å². The second-order valence-corrected chi connectivity index (χ2v) is 16.9. The van der Waals surface area contributed by atoms with Crippen LogP contribution < -0.4 is 0 Å². The third-order valence-corrected chi connectivity index (χ3v) is 12.1. The smallest absolute Gasteiger partial charge is 0.308 e. The number of ketones is 1. The maximum absolute atomic E-state index is 13.9. The van der Waals surface area contributed by atoms with Gasteiger partial charge in [0.25, 0.3) is 0 Å². The molecule has 0 spiro atoms. The molecular formula is C43H70N4O14. The van der Waals surface area contributed by atoms with Gasteiger partial charge < -0.3 is 63.6 Å². The molecule has 0 saturated carbocycles. The molecule has 61 heavy (non-hydrogen) atoms. The van der Waals surface area contributed by atoms with Crippen molar-refractivity contribution in [2.24, 2.45) is 23.7 Å². The van der Waals surface area contributed by atoms with E-state index in [0.29, 0.717) is 36.4 Å². The molecule has 0 aromatic carbocycles. The number of methoxy groups -OCH3 is 2. The molecule has 4 heterocycles. The molecule has 4 unspecified atom stereocenters. The highest BCUT2D eigenvalue weighted by atomic mass is 16.7. The summed E-state index contributed by atoms with van der Waals surface area (Å²) in [4.78, 5) is 29.4. The van der Waals surface area contributed by atoms with E-state index < -0.39 is 104 Å². The molecular weight excluding hydrogens is 796 g/mol. The van der Waals surface area contributed by atoms with E-state index in [2.05, 4.69) is 10.3 Å². The van der Waals surface area contributed by atoms with E-state index in [-0.39, 0.29) is 37.6 Å². The number of carbonyl (C=O) groups excluding carboxylic acids is 2. The molecule has 3 aliphatic heterocycles. The molecule has 15 atom stereocenters. The largest absolute Gasteiger partial charge is 0.506 e. The fraction of sp³-hybridized carbons (Fsp3) is 0.767. The topological polar surface area (TPSA) is 234 Å². The van der Waals surface area contributed by atoms with E-state index in [9.17, 15) is 35.1 Å². The molecule has 18 nitrogen and oxygen atoms in total. The van der Waals surface area contributed by atoms with Gasteiger partial charge in [0.2, 0.25) is 0 Å². The summed E-state index contributed by atoms with van der Waals surface area (Å²) in [6.45, 7) is 10.6. The van der Waals surface area contributed by atoms with Crippen LogP contribution in [0.15, 0.2) is 41.5 Å². The van der Waals surface area contributed by atoms with Crippen molar-refractivity contribution >= 4 is 11.8 Å². The standard InChI is InChI=1S/C43H70N4O14/c1-11-33-29(22-57-42-35(56-10)19-34(55-9)38(52)26(5)58-42)16-23(2)12-13-31(49)24(3)17-28(14-15-47-20-30(21-48)44-45-47)41(25(4)32(50)18-36(51)60-33)61-43-40(54)37(46(7)8)39(53)27(6)59-43/h12-13,16,20,24-29,32-33,35,37,39-43,48,50,52-54H,11,14-15,17-19,21-22H2,1-10H3/b13-12+,23-16+/t24-,25+,26?,27-,28+,29-,32-,33-,35?,37?,39-,40?,41-,42-,43+/m1/s1. The van der Waals surface area contributed by atoms with Crippen molar-refractivity contribution in [1.82, 2.24) is 19.9 Å². The van der Waals surface area contributed by atoms with Gasteiger partial charge in [-0.05, 0) is 66.1 Å². The zero-order chi connectivity index (χ0) is 45.1. The highest BCUT2D eigenvalue weighted by molar-refractivity contribution is 5.91. The number of allylic oxidation sites excluding steroid dienone is 3. The summed E-state index contributed by atoms with van der Waals surface area (Å²) >= 11 is 0. The summed E-state index contributed by atoms with van der Waals surface area (Å²) in [6.07, 6.45) is -1.97. The molecule has 1 fully saturated rings. The number of likely N-dealkylation sites (N-methyl/N-ethyl adjacent to an activating group) is 1. The van der Waals surface area contributed by atoms with Crippen LogP contribution in [0.4, 0.5) is 0 Å². The van der Waals surface area contributed by atoms with Gasteiger partial charge in [0, 0.05) is 37.8 Å². The number of hydrogen-bond donors (Lipinski definition) is 5. The Hall–Kier alpha value is -3.30. The predicted octanol–water partition coefficient (Wildman–Crippen LogP) is 2.58. The monoisotopic (exact) mass is 866 g/mol. The molecule has 346 valence electrons. The first-order valence-electron chi connectivity index (χ1n) is 21.3. The number of esters is 1. The summed E-state index contributed by atoms with van der Waals surface area (Å²) < 4.78 is 43.8. The summed E-state index contributed by atoms with van der Waals surface area (Å²) in [5, 5.41) is 62.7. The first-order chi connectivity index (χ1) is 28.9. The summed E-state index contributed by atoms with van der Waals surface area (Å²) in [7, 11) is 6.43. The maximum Gasteiger partial charge on any atom is 0.308 e. The fourth-order valence-electron chi connectivity index (χ4n) is 8.36. The second-order valence-electron chi connectivity index (χ2n) is 16.9. The second kappa shape index (κ2) is 23.4. The zero-order valence-electron chi connectivity index (χ0n) is 37.3. The number of aryl methyl sites for hydroxylation is 1. The lowest BCUT2D eigenvalue weighted by Gasteiger charge is -2.46. The average molecular weight is 867 g/mol. The van der Waals surface area contributed by atoms with Crippen LogP contribution in [0.2, 0.25) is 0 Å². The third kappa shape index (κ3) is 13.4. The van der Waals surface area contributed by atoms with Gasteiger partial charge in [0.1, 0.15) is 35.9 Å². The molecule has 18 heteroatoms. The molecule has 4 rings (SSSR count). The van der Waals surface area contributed by atoms with E-state index in [1.165, 1.54) is 20.3 Å². The van der Waals surface area contributed by atoms with E-state index >= 15 is 0 Å². The SMILES string of the molecule is CC[C@H]1OC(=O)C[C@@H](O)[C@H](C)[C@@H](O[C@@H]2O[C@H](C)[C@@H](O)C(N(C)C)C2O)[C@@H](CCn2cc(CO)nn2)C[C@@H](C)C(=O)/C=C/C(C)=C/[C@@H]1CO[C@@H]1OC(C)C(O)=C(OC)CC1OC. The Kier molecular flexibility index (Phi) is 19.3. The minimum Gasteiger partial charge on any atom is -0.506 e. The van der Waals surface area contributed by atoms with Crippen LogP contribution in [-0.2, 0) is 55.9 Å². The summed E-state index contributed by atoms with van der Waals surface area (Å²) in [5.74, 6) is -2.87. The van der Waals surface area contributed by atoms with Gasteiger partial charge in [-0.25, -0.2) is 0 Å². The normalized spacial score (nSPS) is 37.8. The lowest BCUT2D eigenvalue weighted by Crippen LogP contribution is -2.63. The predicted molar refractivity (Wildman–Crippen MR) is 220 cm³/mol. The number of aromatic nitrogens is 3. The minimum absolute atomic E-state index is 0.00847. The number of rotatable bonds is 13. The molecule has 1 saturated heterocycles. The van der Waals surface area contributed by atoms with Gasteiger partial charge in [-0.15, -0.1) is 5.10 Å². The summed E-state index contributed by atoms with van der Waals surface area (Å²) in [5.41, 5.74) is 1.10. The first-order valence-corrected chi connectivity index (χ1v) is 21.3. The van der Waals surface area contributed by atoms with E-state index in [1.807, 2.05) is 26.8 Å². The third-order valence-electron chi connectivity index (χ3n) is 12.1. The molecule has 0 bridgehead atoms. The highest BCUT2D eigenvalue weighted by Gasteiger charge is 2.47. The maximum atomic E-state index is 13.9. The highest BCUT2D eigenvalue weighted by Crippen LogP contribution is 2.35. The van der Waals surface area contributed by atoms with E-state index in [0.717, 1.165) is 0 Å². The van der Waals surface area contributed by atoms with Crippen molar-refractivity contribution < 1.29 is 68.3 Å². The van der Waals surface area contributed by atoms with Gasteiger partial charge in [-0.2, -0.15) is 0 Å². The molecule has 0 radical (unpaired) electrons. The Balaban J connectivity index is 1.69. The van der Waals surface area contributed by atoms with Crippen molar-refractivity contribution in [3.05, 3.63) is 47.2 Å². The number of hydrogen-bond acceptors (Lipinski definition) is 17. The van der Waals surface area contributed by atoms with Gasteiger partial charge in [-0.3, -0.25) is 14.3 Å². The fourth-order valence-corrected chi connectivity index (χ4v) is 8.36. The lowest BCUT2D eigenvalue weighted by molar-refractivity contribution is -0.304. The number of cyclic esters (lactones) is 1. The molecule has 5 N–H and O–H groups in total. The Morgan fingerprint density at radius 1 is 1.00 bits per heavy atom. The minimum atomic E-state index is -1.30. The van der Waals surface area contributed by atoms with E-state index in [4.69, 9.17) is 33.2 Å². The van der Waals surface area contributed by atoms with Crippen LogP contribution >= 0.6 is 0 Å². The lowest BCUT2D eigenvalue weighted by atomic mass is 9.79. The zero-order valence-corrected chi connectivity index (χ0v) is 37.3. The van der Waals surface area contributed by atoms with Crippen LogP contribution in [0.5, 0.6) is 0 Å². The average Bonchev–Trinajstić information content (AvgIpc) is 3.65. The van der Waals surface area contributed by atoms with Crippen LogP contribution in [0.25, 0.3) is 0 Å².